The van der Waals surface area contributed by atoms with Crippen molar-refractivity contribution < 1.29 is 14.6 Å². The molecule has 2 aliphatic carbocycles. The minimum absolute atomic E-state index is 0.269. The Hall–Kier alpha value is -0.770. The molecule has 0 aromatic rings. The zero-order valence-corrected chi connectivity index (χ0v) is 13.0. The first-order chi connectivity index (χ1) is 9.40. The minimum Gasteiger partial charge on any atom is -0.444 e. The van der Waals surface area contributed by atoms with Crippen LogP contribution in [0.3, 0.4) is 0 Å². The standard InChI is InChI=1S/C16H29NO3/c1-16(2,3)20-15(19)17-14-12-8-7-11(10-12)13(14)6-4-5-9-18/h11-14,18H,4-10H2,1-3H3,(H,17,19)/t11-,12+,13+,14+/m1/s1. The lowest BCUT2D eigenvalue weighted by Crippen LogP contribution is -2.46. The van der Waals surface area contributed by atoms with E-state index >= 15 is 0 Å². The first-order valence-corrected chi connectivity index (χ1v) is 8.01. The summed E-state index contributed by atoms with van der Waals surface area (Å²) in [6, 6.07) is 0.280. The largest absolute Gasteiger partial charge is 0.444 e. The second-order valence-corrected chi connectivity index (χ2v) is 7.39. The normalized spacial score (nSPS) is 32.4. The van der Waals surface area contributed by atoms with Gasteiger partial charge in [-0.15, -0.1) is 0 Å². The van der Waals surface area contributed by atoms with Gasteiger partial charge in [0.05, 0.1) is 0 Å². The van der Waals surface area contributed by atoms with Crippen LogP contribution in [0.15, 0.2) is 0 Å². The van der Waals surface area contributed by atoms with Gasteiger partial charge < -0.3 is 15.2 Å². The fourth-order valence-corrected chi connectivity index (χ4v) is 3.99. The highest BCUT2D eigenvalue weighted by molar-refractivity contribution is 5.68. The number of amides is 1. The summed E-state index contributed by atoms with van der Waals surface area (Å²) in [6.07, 6.45) is 6.56. The highest BCUT2D eigenvalue weighted by Gasteiger charge is 2.47. The van der Waals surface area contributed by atoms with Crippen molar-refractivity contribution in [3.8, 4) is 0 Å². The Labute approximate surface area is 122 Å². The smallest absolute Gasteiger partial charge is 0.407 e. The summed E-state index contributed by atoms with van der Waals surface area (Å²) in [5, 5.41) is 12.0. The van der Waals surface area contributed by atoms with Gasteiger partial charge in [-0.3, -0.25) is 0 Å². The molecule has 0 unspecified atom stereocenters. The summed E-state index contributed by atoms with van der Waals surface area (Å²) >= 11 is 0. The summed E-state index contributed by atoms with van der Waals surface area (Å²) in [5.74, 6) is 1.97. The molecule has 2 saturated carbocycles. The molecule has 0 spiro atoms. The second kappa shape index (κ2) is 6.33. The van der Waals surface area contributed by atoms with Crippen LogP contribution in [0.2, 0.25) is 0 Å². The zero-order valence-electron chi connectivity index (χ0n) is 13.0. The molecule has 4 atom stereocenters. The highest BCUT2D eigenvalue weighted by Crippen LogP contribution is 2.50. The molecule has 0 heterocycles. The number of hydrogen-bond acceptors (Lipinski definition) is 3. The summed E-state index contributed by atoms with van der Waals surface area (Å²) in [5.41, 5.74) is -0.436. The van der Waals surface area contributed by atoms with E-state index in [-0.39, 0.29) is 18.7 Å². The van der Waals surface area contributed by atoms with Crippen LogP contribution < -0.4 is 5.32 Å². The van der Waals surface area contributed by atoms with E-state index in [9.17, 15) is 4.79 Å². The first-order valence-electron chi connectivity index (χ1n) is 8.01. The van der Waals surface area contributed by atoms with Crippen molar-refractivity contribution in [1.29, 1.82) is 0 Å². The van der Waals surface area contributed by atoms with Crippen molar-refractivity contribution in [1.82, 2.24) is 5.32 Å². The Bertz CT molecular complexity index is 337. The van der Waals surface area contributed by atoms with Crippen LogP contribution in [0.4, 0.5) is 4.79 Å². The van der Waals surface area contributed by atoms with Crippen molar-refractivity contribution >= 4 is 6.09 Å². The molecule has 2 N–H and O–H groups in total. The fraction of sp³-hybridized carbons (Fsp3) is 0.938. The number of carbonyl (C=O) groups excluding carboxylic acids is 1. The third-order valence-corrected chi connectivity index (χ3v) is 4.72. The van der Waals surface area contributed by atoms with Gasteiger partial charge in [0, 0.05) is 12.6 Å². The van der Waals surface area contributed by atoms with Gasteiger partial charge in [0.1, 0.15) is 5.60 Å². The van der Waals surface area contributed by atoms with Crippen LogP contribution in [-0.4, -0.2) is 29.4 Å². The van der Waals surface area contributed by atoms with Crippen LogP contribution in [0.25, 0.3) is 0 Å². The molecule has 2 aliphatic rings. The summed E-state index contributed by atoms with van der Waals surface area (Å²) in [6.45, 7) is 5.95. The number of ether oxygens (including phenoxy) is 1. The molecule has 4 nitrogen and oxygen atoms in total. The van der Waals surface area contributed by atoms with Crippen molar-refractivity contribution in [2.24, 2.45) is 17.8 Å². The van der Waals surface area contributed by atoms with Gasteiger partial charge in [-0.2, -0.15) is 0 Å². The Kier molecular flexibility index (Phi) is 4.95. The molecule has 0 aromatic heterocycles. The van der Waals surface area contributed by atoms with E-state index in [0.29, 0.717) is 11.8 Å². The Morgan fingerprint density at radius 1 is 1.25 bits per heavy atom. The van der Waals surface area contributed by atoms with E-state index in [1.165, 1.54) is 19.3 Å². The number of unbranched alkanes of at least 4 members (excludes halogenated alkanes) is 1. The molecule has 2 rings (SSSR count). The highest BCUT2D eigenvalue weighted by atomic mass is 16.6. The SMILES string of the molecule is CC(C)(C)OC(=O)N[C@H]1[C@H]2CC[C@H](C2)[C@@H]1CCCCO. The molecule has 20 heavy (non-hydrogen) atoms. The van der Waals surface area contributed by atoms with E-state index in [0.717, 1.165) is 25.2 Å². The maximum atomic E-state index is 12.0. The minimum atomic E-state index is -0.436. The molecule has 1 amide bonds. The molecular formula is C16H29NO3. The van der Waals surface area contributed by atoms with Gasteiger partial charge in [0.15, 0.2) is 0 Å². The number of alkyl carbamates (subject to hydrolysis) is 1. The predicted octanol–water partition coefficient (Wildman–Crippen LogP) is 3.09. The Morgan fingerprint density at radius 3 is 2.60 bits per heavy atom. The zero-order chi connectivity index (χ0) is 14.8. The monoisotopic (exact) mass is 283 g/mol. The molecule has 116 valence electrons. The predicted molar refractivity (Wildman–Crippen MR) is 78.4 cm³/mol. The number of hydrogen-bond donors (Lipinski definition) is 2. The number of aliphatic hydroxyl groups is 1. The van der Waals surface area contributed by atoms with Gasteiger partial charge in [0.25, 0.3) is 0 Å². The van der Waals surface area contributed by atoms with Crippen molar-refractivity contribution in [3.05, 3.63) is 0 Å². The van der Waals surface area contributed by atoms with E-state index in [4.69, 9.17) is 9.84 Å². The van der Waals surface area contributed by atoms with Gasteiger partial charge in [-0.05, 0) is 70.6 Å². The Morgan fingerprint density at radius 2 is 1.95 bits per heavy atom. The molecule has 4 heteroatoms. The third-order valence-electron chi connectivity index (χ3n) is 4.72. The van der Waals surface area contributed by atoms with E-state index in [1.807, 2.05) is 20.8 Å². The molecule has 2 bridgehead atoms. The average Bonchev–Trinajstić information content (AvgIpc) is 2.89. The lowest BCUT2D eigenvalue weighted by atomic mass is 9.81. The fourth-order valence-electron chi connectivity index (χ4n) is 3.99. The quantitative estimate of drug-likeness (QED) is 0.762. The van der Waals surface area contributed by atoms with Crippen molar-refractivity contribution in [3.63, 3.8) is 0 Å². The molecular weight excluding hydrogens is 254 g/mol. The van der Waals surface area contributed by atoms with E-state index in [2.05, 4.69) is 5.32 Å². The van der Waals surface area contributed by atoms with Crippen LogP contribution in [0.1, 0.15) is 59.3 Å². The van der Waals surface area contributed by atoms with E-state index < -0.39 is 5.60 Å². The first kappa shape index (κ1) is 15.6. The third kappa shape index (κ3) is 3.87. The number of nitrogens with one attached hydrogen (secondary N) is 1. The summed E-state index contributed by atoms with van der Waals surface area (Å²) < 4.78 is 5.39. The average molecular weight is 283 g/mol. The lowest BCUT2D eigenvalue weighted by Gasteiger charge is -2.32. The summed E-state index contributed by atoms with van der Waals surface area (Å²) in [7, 11) is 0. The van der Waals surface area contributed by atoms with Crippen molar-refractivity contribution in [2.45, 2.75) is 70.9 Å². The van der Waals surface area contributed by atoms with Crippen LogP contribution in [0.5, 0.6) is 0 Å². The molecule has 0 saturated heterocycles. The number of rotatable bonds is 5. The van der Waals surface area contributed by atoms with Gasteiger partial charge in [-0.1, -0.05) is 6.42 Å². The second-order valence-electron chi connectivity index (χ2n) is 7.39. The van der Waals surface area contributed by atoms with Gasteiger partial charge in [-0.25, -0.2) is 4.79 Å². The number of aliphatic hydroxyl groups excluding tert-OH is 1. The van der Waals surface area contributed by atoms with E-state index in [1.54, 1.807) is 0 Å². The summed E-state index contributed by atoms with van der Waals surface area (Å²) in [4.78, 5) is 12.0. The molecule has 0 aromatic carbocycles. The van der Waals surface area contributed by atoms with Crippen molar-refractivity contribution in [2.75, 3.05) is 6.61 Å². The molecule has 0 radical (unpaired) electrons. The number of fused-ring (bicyclic) bond motifs is 2. The lowest BCUT2D eigenvalue weighted by molar-refractivity contribution is 0.0458. The maximum Gasteiger partial charge on any atom is 0.407 e. The van der Waals surface area contributed by atoms with Crippen LogP contribution in [-0.2, 0) is 4.74 Å². The Balaban J connectivity index is 1.89. The molecule has 0 aliphatic heterocycles. The van der Waals surface area contributed by atoms with Gasteiger partial charge in [0.2, 0.25) is 0 Å². The number of carbonyl (C=O) groups is 1. The van der Waals surface area contributed by atoms with Crippen LogP contribution >= 0.6 is 0 Å². The maximum absolute atomic E-state index is 12.0. The topological polar surface area (TPSA) is 58.6 Å². The van der Waals surface area contributed by atoms with Crippen LogP contribution in [0, 0.1) is 17.8 Å². The van der Waals surface area contributed by atoms with Gasteiger partial charge >= 0.3 is 6.09 Å². The molecule has 2 fully saturated rings.